The number of ketones is 3. The molecule has 2 saturated carbocycles. The number of allylic oxidation sites excluding steroid dienone is 7. The minimum Gasteiger partial charge on any atom is -0.381 e. The summed E-state index contributed by atoms with van der Waals surface area (Å²) in [6, 6.07) is 0. The van der Waals surface area contributed by atoms with Crippen molar-refractivity contribution in [1.29, 1.82) is 0 Å². The average molecular weight is 749 g/mol. The molecule has 1 heterocycles. The van der Waals surface area contributed by atoms with E-state index in [1.165, 1.54) is 38.5 Å². The van der Waals surface area contributed by atoms with Crippen LogP contribution in [0.15, 0.2) is 59.8 Å². The fourth-order valence-corrected chi connectivity index (χ4v) is 8.66. The summed E-state index contributed by atoms with van der Waals surface area (Å²) in [6.45, 7) is 18.3. The zero-order valence-electron chi connectivity index (χ0n) is 35.6. The van der Waals surface area contributed by atoms with Crippen LogP contribution in [-0.2, 0) is 28.6 Å². The van der Waals surface area contributed by atoms with Gasteiger partial charge >= 0.3 is 0 Å². The van der Waals surface area contributed by atoms with Crippen LogP contribution in [0.1, 0.15) is 151 Å². The molecule has 1 aliphatic heterocycles. The van der Waals surface area contributed by atoms with E-state index in [0.29, 0.717) is 47.4 Å². The average Bonchev–Trinajstić information content (AvgIpc) is 4.00. The number of Topliss-reactive ketones (excluding diaryl/α,β-unsaturated/α-hetero) is 3. The molecule has 1 saturated heterocycles. The van der Waals surface area contributed by atoms with Gasteiger partial charge in [0.15, 0.2) is 5.78 Å². The fraction of sp³-hybridized carbons (Fsp3) is 0.729. The van der Waals surface area contributed by atoms with Gasteiger partial charge < -0.3 is 14.2 Å². The van der Waals surface area contributed by atoms with Crippen molar-refractivity contribution in [2.45, 2.75) is 176 Å². The van der Waals surface area contributed by atoms with E-state index in [9.17, 15) is 14.4 Å². The number of carbonyl (C=O) groups is 3. The molecule has 0 aromatic heterocycles. The van der Waals surface area contributed by atoms with Crippen LogP contribution in [-0.4, -0.2) is 56.0 Å². The molecule has 6 nitrogen and oxygen atoms in total. The van der Waals surface area contributed by atoms with Gasteiger partial charge in [0.2, 0.25) is 0 Å². The smallest absolute Gasteiger partial charge is 0.157 e. The molecule has 6 heteroatoms. The molecule has 304 valence electrons. The second-order valence-electron chi connectivity index (χ2n) is 17.8. The molecular formula is C48H76O6. The number of hydrogen-bond acceptors (Lipinski definition) is 6. The molecule has 54 heavy (non-hydrogen) atoms. The summed E-state index contributed by atoms with van der Waals surface area (Å²) in [4.78, 5) is 38.2. The minimum absolute atomic E-state index is 0.00427. The van der Waals surface area contributed by atoms with E-state index in [0.717, 1.165) is 68.4 Å². The summed E-state index contributed by atoms with van der Waals surface area (Å²) in [5.74, 6) is 2.08. The molecule has 3 aliphatic rings. The van der Waals surface area contributed by atoms with Crippen molar-refractivity contribution < 1.29 is 28.6 Å². The molecule has 2 aliphatic carbocycles. The molecule has 0 radical (unpaired) electrons. The first-order valence-electron chi connectivity index (χ1n) is 21.3. The molecule has 3 rings (SSSR count). The zero-order chi connectivity index (χ0) is 39.8. The largest absolute Gasteiger partial charge is 0.381 e. The van der Waals surface area contributed by atoms with Gasteiger partial charge in [0.05, 0.1) is 24.4 Å². The number of ether oxygens (including phenoxy) is 3. The minimum atomic E-state index is -0.189. The predicted molar refractivity (Wildman–Crippen MR) is 222 cm³/mol. The van der Waals surface area contributed by atoms with Gasteiger partial charge in [0, 0.05) is 50.9 Å². The van der Waals surface area contributed by atoms with Crippen LogP contribution in [0, 0.1) is 35.0 Å². The first-order valence-corrected chi connectivity index (χ1v) is 21.3. The maximum atomic E-state index is 13.4. The Morgan fingerprint density at radius 3 is 2.24 bits per heavy atom. The molecule has 7 unspecified atom stereocenters. The highest BCUT2D eigenvalue weighted by Crippen LogP contribution is 2.46. The van der Waals surface area contributed by atoms with Crippen LogP contribution in [0.5, 0.6) is 0 Å². The Labute approximate surface area is 329 Å². The first kappa shape index (κ1) is 46.0. The van der Waals surface area contributed by atoms with Gasteiger partial charge in [0.25, 0.3) is 0 Å². The topological polar surface area (TPSA) is 78.9 Å². The standard InChI is InChI=1S/C48H76O6/c1-33(15-12-11-13-16-35(3)47(53-10)32-43-17-14-18-46(54-43)38(6)39(7)49)29-36(4)44(50)22-19-34(2)30-37(5)45(51)31-41(40-20-21-40)23-26-48(8)27-24-42(52-9)25-28-48/h11-13,15-16,30,33,36-37,40-43,46-47H,6,14,17-29,31-32H2,1-5,7-10H3/b13-11+,15-12+,34-30+,35-16+. The molecule has 7 atom stereocenters. The van der Waals surface area contributed by atoms with E-state index in [1.807, 2.05) is 33.1 Å². The summed E-state index contributed by atoms with van der Waals surface area (Å²) in [7, 11) is 3.56. The molecule has 0 aromatic rings. The summed E-state index contributed by atoms with van der Waals surface area (Å²) in [5, 5.41) is 0. The van der Waals surface area contributed by atoms with E-state index < -0.39 is 0 Å². The highest BCUT2D eigenvalue weighted by Gasteiger charge is 2.37. The SMILES string of the molecule is C=C(C(C)=O)C1CCCC(CC(OC)/C(C)=C/C=C/C=C/C(C)CC(C)C(=O)CC/C(C)=C/C(C)C(=O)CC(CCC2(C)CCC(OC)CC2)C2CC2)O1. The zero-order valence-corrected chi connectivity index (χ0v) is 35.6. The van der Waals surface area contributed by atoms with Crippen molar-refractivity contribution in [3.05, 3.63) is 59.8 Å². The Bertz CT molecular complexity index is 1340. The number of rotatable bonds is 24. The molecule has 0 aromatic carbocycles. The van der Waals surface area contributed by atoms with E-state index in [-0.39, 0.29) is 41.8 Å². The van der Waals surface area contributed by atoms with Gasteiger partial charge in [0.1, 0.15) is 11.6 Å². The Morgan fingerprint density at radius 2 is 1.61 bits per heavy atom. The monoisotopic (exact) mass is 749 g/mol. The van der Waals surface area contributed by atoms with Gasteiger partial charge in [-0.2, -0.15) is 0 Å². The van der Waals surface area contributed by atoms with Crippen molar-refractivity contribution in [2.24, 2.45) is 35.0 Å². The Balaban J connectivity index is 1.37. The Hall–Kier alpha value is -2.41. The highest BCUT2D eigenvalue weighted by molar-refractivity contribution is 5.93. The summed E-state index contributed by atoms with van der Waals surface area (Å²) in [5.41, 5.74) is 3.22. The van der Waals surface area contributed by atoms with Crippen molar-refractivity contribution in [2.75, 3.05) is 14.2 Å². The normalized spacial score (nSPS) is 27.1. The number of hydrogen-bond donors (Lipinski definition) is 0. The summed E-state index contributed by atoms with van der Waals surface area (Å²) in [6.07, 6.45) is 28.8. The van der Waals surface area contributed by atoms with Crippen LogP contribution in [0.3, 0.4) is 0 Å². The van der Waals surface area contributed by atoms with Crippen molar-refractivity contribution >= 4 is 17.3 Å². The lowest BCUT2D eigenvalue weighted by atomic mass is 9.70. The third-order valence-electron chi connectivity index (χ3n) is 12.9. The molecular weight excluding hydrogens is 673 g/mol. The molecule has 0 bridgehead atoms. The van der Waals surface area contributed by atoms with E-state index in [1.54, 1.807) is 14.0 Å². The summed E-state index contributed by atoms with van der Waals surface area (Å²) < 4.78 is 17.6. The Kier molecular flexibility index (Phi) is 19.6. The predicted octanol–water partition coefficient (Wildman–Crippen LogP) is 11.5. The third-order valence-corrected chi connectivity index (χ3v) is 12.9. The van der Waals surface area contributed by atoms with Crippen molar-refractivity contribution in [3.63, 3.8) is 0 Å². The lowest BCUT2D eigenvalue weighted by molar-refractivity contribution is -0.123. The van der Waals surface area contributed by atoms with Gasteiger partial charge in [-0.1, -0.05) is 76.3 Å². The second-order valence-corrected chi connectivity index (χ2v) is 17.8. The van der Waals surface area contributed by atoms with Crippen LogP contribution in [0.4, 0.5) is 0 Å². The van der Waals surface area contributed by atoms with Crippen LogP contribution in [0.2, 0.25) is 0 Å². The lowest BCUT2D eigenvalue weighted by Crippen LogP contribution is -2.33. The van der Waals surface area contributed by atoms with Crippen LogP contribution in [0.25, 0.3) is 0 Å². The fourth-order valence-electron chi connectivity index (χ4n) is 8.66. The van der Waals surface area contributed by atoms with E-state index in [4.69, 9.17) is 14.2 Å². The summed E-state index contributed by atoms with van der Waals surface area (Å²) >= 11 is 0. The van der Waals surface area contributed by atoms with Gasteiger partial charge in [-0.05, 0) is 133 Å². The van der Waals surface area contributed by atoms with Crippen molar-refractivity contribution in [3.8, 4) is 0 Å². The third kappa shape index (κ3) is 16.0. The second kappa shape index (κ2) is 23.0. The van der Waals surface area contributed by atoms with Gasteiger partial charge in [-0.15, -0.1) is 0 Å². The number of carbonyl (C=O) groups excluding carboxylic acids is 3. The maximum Gasteiger partial charge on any atom is 0.157 e. The lowest BCUT2D eigenvalue weighted by Gasteiger charge is -2.38. The highest BCUT2D eigenvalue weighted by atomic mass is 16.5. The maximum absolute atomic E-state index is 13.4. The van der Waals surface area contributed by atoms with Gasteiger partial charge in [-0.3, -0.25) is 14.4 Å². The van der Waals surface area contributed by atoms with E-state index >= 15 is 0 Å². The van der Waals surface area contributed by atoms with Crippen LogP contribution < -0.4 is 0 Å². The van der Waals surface area contributed by atoms with Crippen molar-refractivity contribution in [1.82, 2.24) is 0 Å². The van der Waals surface area contributed by atoms with Gasteiger partial charge in [-0.25, -0.2) is 0 Å². The molecule has 0 spiro atoms. The molecule has 0 N–H and O–H groups in total. The van der Waals surface area contributed by atoms with E-state index in [2.05, 4.69) is 58.6 Å². The number of methoxy groups -OCH3 is 2. The quantitative estimate of drug-likeness (QED) is 0.0555. The molecule has 3 fully saturated rings. The Morgan fingerprint density at radius 1 is 0.907 bits per heavy atom. The molecule has 0 amide bonds. The first-order chi connectivity index (χ1) is 25.6. The van der Waals surface area contributed by atoms with Crippen LogP contribution >= 0.6 is 0 Å².